The molecule has 7 nitrogen and oxygen atoms in total. The number of nitrogens with zero attached hydrogens (tertiary/aromatic N) is 3. The molecule has 0 radical (unpaired) electrons. The molecular weight excluding hydrogens is 506 g/mol. The molecule has 0 fully saturated rings. The van der Waals surface area contributed by atoms with Crippen molar-refractivity contribution in [3.63, 3.8) is 0 Å². The second-order valence-electron chi connectivity index (χ2n) is 8.49. The van der Waals surface area contributed by atoms with Crippen molar-refractivity contribution in [2.75, 3.05) is 24.3 Å². The summed E-state index contributed by atoms with van der Waals surface area (Å²) in [7, 11) is 0. The highest BCUT2D eigenvalue weighted by Crippen LogP contribution is 2.35. The number of anilines is 1. The van der Waals surface area contributed by atoms with Crippen LogP contribution in [0.4, 0.5) is 5.69 Å². The highest BCUT2D eigenvalue weighted by Gasteiger charge is 2.37. The Kier molecular flexibility index (Phi) is 6.74. The monoisotopic (exact) mass is 531 g/mol. The summed E-state index contributed by atoms with van der Waals surface area (Å²) in [5.41, 5.74) is 2.98. The molecule has 1 atom stereocenters. The summed E-state index contributed by atoms with van der Waals surface area (Å²) in [6, 6.07) is 14.4. The van der Waals surface area contributed by atoms with Crippen LogP contribution in [0, 0.1) is 0 Å². The number of hydrogen-bond donors (Lipinski definition) is 0. The van der Waals surface area contributed by atoms with Crippen molar-refractivity contribution in [1.82, 2.24) is 4.57 Å². The van der Waals surface area contributed by atoms with Crippen molar-refractivity contribution in [1.29, 1.82) is 0 Å². The highest BCUT2D eigenvalue weighted by molar-refractivity contribution is 7.98. The summed E-state index contributed by atoms with van der Waals surface area (Å²) in [4.78, 5) is 48.5. The second kappa shape index (κ2) is 9.99. The van der Waals surface area contributed by atoms with Gasteiger partial charge in [0, 0.05) is 17.0 Å². The zero-order valence-corrected chi connectivity index (χ0v) is 22.3. The van der Waals surface area contributed by atoms with Gasteiger partial charge in [-0.1, -0.05) is 47.7 Å². The topological polar surface area (TPSA) is 81.0 Å². The van der Waals surface area contributed by atoms with E-state index in [-0.39, 0.29) is 18.1 Å². The van der Waals surface area contributed by atoms with Crippen molar-refractivity contribution in [3.8, 4) is 0 Å². The molecule has 2 aromatic carbocycles. The normalized spacial score (nSPS) is 17.9. The lowest BCUT2D eigenvalue weighted by Gasteiger charge is -2.24. The Morgan fingerprint density at radius 3 is 2.59 bits per heavy atom. The molecular formula is C28H25N3O4S2. The number of hydrogen-bond acceptors (Lipinski definition) is 7. The third kappa shape index (κ3) is 4.08. The number of carbonyl (C=O) groups excluding carboxylic acids is 2. The van der Waals surface area contributed by atoms with Gasteiger partial charge in [0.2, 0.25) is 0 Å². The molecule has 0 N–H and O–H groups in total. The third-order valence-corrected chi connectivity index (χ3v) is 8.18. The Morgan fingerprint density at radius 1 is 1.19 bits per heavy atom. The number of thiazole rings is 1. The van der Waals surface area contributed by atoms with Crippen LogP contribution in [0.25, 0.3) is 5.57 Å². The molecule has 5 rings (SSSR count). The van der Waals surface area contributed by atoms with Crippen LogP contribution in [0.2, 0.25) is 0 Å². The second-order valence-corrected chi connectivity index (χ2v) is 10.3. The van der Waals surface area contributed by atoms with Crippen LogP contribution in [0.3, 0.4) is 0 Å². The van der Waals surface area contributed by atoms with Crippen LogP contribution in [-0.4, -0.2) is 35.9 Å². The van der Waals surface area contributed by atoms with Gasteiger partial charge in [0.15, 0.2) is 4.80 Å². The zero-order chi connectivity index (χ0) is 26.3. The van der Waals surface area contributed by atoms with Gasteiger partial charge in [-0.2, -0.15) is 0 Å². The van der Waals surface area contributed by atoms with E-state index in [9.17, 15) is 14.4 Å². The zero-order valence-electron chi connectivity index (χ0n) is 20.7. The summed E-state index contributed by atoms with van der Waals surface area (Å²) in [6.45, 7) is 7.79. The smallest absolute Gasteiger partial charge is 0.338 e. The number of aromatic nitrogens is 1. The number of carbonyl (C=O) groups is 2. The van der Waals surface area contributed by atoms with E-state index in [1.807, 2.05) is 54.8 Å². The Morgan fingerprint density at radius 2 is 1.92 bits per heavy atom. The Labute approximate surface area is 222 Å². The lowest BCUT2D eigenvalue weighted by Crippen LogP contribution is -2.41. The van der Waals surface area contributed by atoms with Gasteiger partial charge in [-0.05, 0) is 43.9 Å². The average Bonchev–Trinajstić information content (AvgIpc) is 3.36. The minimum Gasteiger partial charge on any atom is -0.463 e. The standard InChI is InChI=1S/C28H25N3O4S2/c1-5-15-30-20-10-8-7-9-19(20)22(25(30)32)24-26(33)31-23(17-11-13-18(36-4)14-12-17)21(27(34)35-6-2)16(3)29-28(31)37-24/h5,7-14,23H,1,6,15H2,2-4H3/b24-22+/t23-/m0/s1. The van der Waals surface area contributed by atoms with Crippen molar-refractivity contribution >= 4 is 46.2 Å². The van der Waals surface area contributed by atoms with Crippen LogP contribution in [0.1, 0.15) is 31.0 Å². The van der Waals surface area contributed by atoms with Crippen LogP contribution in [-0.2, 0) is 14.3 Å². The van der Waals surface area contributed by atoms with E-state index >= 15 is 0 Å². The lowest BCUT2D eigenvalue weighted by molar-refractivity contribution is -0.139. The molecule has 1 amide bonds. The van der Waals surface area contributed by atoms with Crippen molar-refractivity contribution in [3.05, 3.63) is 103 Å². The first-order valence-corrected chi connectivity index (χ1v) is 13.8. The fraction of sp³-hybridized carbons (Fsp3) is 0.214. The van der Waals surface area contributed by atoms with Gasteiger partial charge in [0.25, 0.3) is 11.5 Å². The lowest BCUT2D eigenvalue weighted by atomic mass is 9.96. The largest absolute Gasteiger partial charge is 0.463 e. The summed E-state index contributed by atoms with van der Waals surface area (Å²) in [5, 5.41) is 0. The predicted molar refractivity (Wildman–Crippen MR) is 147 cm³/mol. The first-order valence-electron chi connectivity index (χ1n) is 11.8. The van der Waals surface area contributed by atoms with Crippen molar-refractivity contribution in [2.45, 2.75) is 24.8 Å². The predicted octanol–water partition coefficient (Wildman–Crippen LogP) is 3.42. The van der Waals surface area contributed by atoms with Gasteiger partial charge in [-0.25, -0.2) is 9.79 Å². The van der Waals surface area contributed by atoms with E-state index < -0.39 is 12.0 Å². The van der Waals surface area contributed by atoms with Crippen LogP contribution in [0.5, 0.6) is 0 Å². The maximum Gasteiger partial charge on any atom is 0.338 e. The van der Waals surface area contributed by atoms with E-state index in [1.165, 1.54) is 15.9 Å². The van der Waals surface area contributed by atoms with Gasteiger partial charge in [-0.3, -0.25) is 14.2 Å². The van der Waals surface area contributed by atoms with Gasteiger partial charge in [0.1, 0.15) is 4.53 Å². The van der Waals surface area contributed by atoms with Crippen molar-refractivity contribution in [2.24, 2.45) is 4.99 Å². The quantitative estimate of drug-likeness (QED) is 0.277. The number of ether oxygens (including phenoxy) is 1. The Bertz CT molecular complexity index is 1650. The Hall–Kier alpha value is -3.69. The number of para-hydroxylation sites is 1. The highest BCUT2D eigenvalue weighted by atomic mass is 32.2. The minimum atomic E-state index is -0.725. The molecule has 0 saturated heterocycles. The summed E-state index contributed by atoms with van der Waals surface area (Å²) in [6.07, 6.45) is 3.64. The Balaban J connectivity index is 1.80. The molecule has 0 unspecified atom stereocenters. The number of rotatable bonds is 6. The van der Waals surface area contributed by atoms with Gasteiger partial charge < -0.3 is 9.64 Å². The number of thioether (sulfide) groups is 1. The number of benzene rings is 2. The molecule has 0 bridgehead atoms. The maximum absolute atomic E-state index is 14.1. The van der Waals surface area contributed by atoms with E-state index in [2.05, 4.69) is 11.6 Å². The van der Waals surface area contributed by atoms with E-state index in [0.717, 1.165) is 16.1 Å². The van der Waals surface area contributed by atoms with Gasteiger partial charge in [0.05, 0.1) is 35.2 Å². The fourth-order valence-electron chi connectivity index (χ4n) is 4.75. The van der Waals surface area contributed by atoms with Crippen molar-refractivity contribution < 1.29 is 14.3 Å². The fourth-order valence-corrected chi connectivity index (χ4v) is 6.30. The van der Waals surface area contributed by atoms with E-state index in [4.69, 9.17) is 4.74 Å². The van der Waals surface area contributed by atoms with Crippen LogP contribution >= 0.6 is 23.1 Å². The van der Waals surface area contributed by atoms with Crippen LogP contribution < -0.4 is 19.8 Å². The van der Waals surface area contributed by atoms with E-state index in [0.29, 0.717) is 38.3 Å². The first-order chi connectivity index (χ1) is 17.9. The van der Waals surface area contributed by atoms with Gasteiger partial charge >= 0.3 is 5.97 Å². The molecule has 1 aromatic heterocycles. The maximum atomic E-state index is 14.1. The SMILES string of the molecule is C=CCN1C(=O)/C(=c2/sc3n(c2=O)[C@@H](c2ccc(SC)cc2)C(C(=O)OCC)=C(C)N=3)c2ccccc21. The number of allylic oxidation sites excluding steroid dienone is 1. The summed E-state index contributed by atoms with van der Waals surface area (Å²) in [5.74, 6) is -0.770. The molecule has 2 aliphatic rings. The molecule has 3 heterocycles. The van der Waals surface area contributed by atoms with E-state index in [1.54, 1.807) is 36.6 Å². The summed E-state index contributed by atoms with van der Waals surface area (Å²) < 4.78 is 7.18. The molecule has 0 aliphatic carbocycles. The molecule has 3 aromatic rings. The number of amides is 1. The van der Waals surface area contributed by atoms with Crippen LogP contribution in [0.15, 0.2) is 87.1 Å². The molecule has 37 heavy (non-hydrogen) atoms. The third-order valence-electron chi connectivity index (χ3n) is 6.39. The summed E-state index contributed by atoms with van der Waals surface area (Å²) >= 11 is 2.77. The molecule has 9 heteroatoms. The molecule has 2 aliphatic heterocycles. The molecule has 0 spiro atoms. The minimum absolute atomic E-state index is 0.201. The molecule has 0 saturated carbocycles. The number of esters is 1. The molecule has 188 valence electrons. The van der Waals surface area contributed by atoms with Gasteiger partial charge in [-0.15, -0.1) is 18.3 Å². The number of fused-ring (bicyclic) bond motifs is 2. The average molecular weight is 532 g/mol. The first kappa shape index (κ1) is 25.0.